The van der Waals surface area contributed by atoms with Crippen molar-refractivity contribution in [1.82, 2.24) is 0 Å². The maximum atomic E-state index is 12.5. The fraction of sp³-hybridized carbons (Fsp3) is 0.682. The number of hydrogen-bond donors (Lipinski definition) is 0. The molecule has 0 fully saturated rings. The highest BCUT2D eigenvalue weighted by Crippen LogP contribution is 2.24. The zero-order valence-corrected chi connectivity index (χ0v) is 41.1. The third-order valence-electron chi connectivity index (χ3n) is 9.48. The van der Waals surface area contributed by atoms with Crippen LogP contribution < -0.4 is 9.47 Å². The van der Waals surface area contributed by atoms with Gasteiger partial charge in [0.2, 0.25) is 0 Å². The van der Waals surface area contributed by atoms with Crippen LogP contribution >= 0.6 is 0 Å². The molecule has 0 bridgehead atoms. The van der Waals surface area contributed by atoms with Gasteiger partial charge in [0.1, 0.15) is 11.5 Å². The van der Waals surface area contributed by atoms with Gasteiger partial charge in [0, 0.05) is 11.1 Å². The Labute approximate surface area is 345 Å². The predicted molar refractivity (Wildman–Crippen MR) is 245 cm³/mol. The van der Waals surface area contributed by atoms with Crippen LogP contribution in [0.1, 0.15) is 123 Å². The van der Waals surface area contributed by atoms with E-state index in [1.807, 2.05) is 0 Å². The molecule has 0 spiro atoms. The monoisotopic (exact) mass is 842 g/mol. The third kappa shape index (κ3) is 25.2. The van der Waals surface area contributed by atoms with Crippen LogP contribution in [0.3, 0.4) is 0 Å². The van der Waals surface area contributed by atoms with Crippen molar-refractivity contribution in [3.63, 3.8) is 0 Å². The lowest BCUT2D eigenvalue weighted by atomic mass is 10.1. The van der Waals surface area contributed by atoms with Crippen LogP contribution in [0.2, 0.25) is 77.6 Å². The van der Waals surface area contributed by atoms with Crippen LogP contribution in [0.4, 0.5) is 0 Å². The standard InChI is InChI=1S/C44H78N2O6Si4/c1-53(2,3)51-55(7,8)37-25-21-17-13-11-15-19-23-35-49-41-31-27-39(28-32-41)43(47)45-46-44(48)40-29-33-42(34-30-40)50-36-24-20-16-12-14-18-22-26-38-56(9,10)52-54(4,5)6/h27-34H,11-26,35-38H2,1-10H3. The van der Waals surface area contributed by atoms with Gasteiger partial charge in [-0.3, -0.25) is 9.59 Å². The SMILES string of the molecule is C[Si](C)(C)O[Si](C)(C)CCCCCCCCCCOc1ccc(C(=O)N=NC(=O)c2ccc(OCCCCCCCCCC[Si](C)(C)O[Si](C)(C)C)cc2)cc1. The van der Waals surface area contributed by atoms with Gasteiger partial charge in [-0.15, -0.1) is 10.2 Å². The molecule has 2 amide bonds. The normalized spacial score (nSPS) is 12.7. The Morgan fingerprint density at radius 2 is 0.679 bits per heavy atom. The molecule has 56 heavy (non-hydrogen) atoms. The number of carbonyl (C=O) groups excluding carboxylic acids is 2. The second-order valence-electron chi connectivity index (χ2n) is 18.7. The second-order valence-corrected chi connectivity index (χ2v) is 36.8. The summed E-state index contributed by atoms with van der Waals surface area (Å²) in [6.45, 7) is 24.6. The number of azo groups is 1. The van der Waals surface area contributed by atoms with Crippen molar-refractivity contribution in [2.24, 2.45) is 10.2 Å². The highest BCUT2D eigenvalue weighted by molar-refractivity contribution is 6.84. The van der Waals surface area contributed by atoms with Crippen molar-refractivity contribution >= 4 is 45.1 Å². The third-order valence-corrected chi connectivity index (χ3v) is 21.9. The van der Waals surface area contributed by atoms with Crippen molar-refractivity contribution in [3.8, 4) is 11.5 Å². The summed E-state index contributed by atoms with van der Waals surface area (Å²) in [5.41, 5.74) is 0.715. The molecule has 2 aromatic carbocycles. The molecule has 0 aromatic heterocycles. The fourth-order valence-electron chi connectivity index (χ4n) is 7.16. The molecule has 12 heteroatoms. The number of unbranched alkanes of at least 4 members (excludes halogenated alkanes) is 14. The first kappa shape index (κ1) is 49.9. The summed E-state index contributed by atoms with van der Waals surface area (Å²) in [7, 11) is -5.85. The van der Waals surface area contributed by atoms with E-state index >= 15 is 0 Å². The molecular weight excluding hydrogens is 765 g/mol. The highest BCUT2D eigenvalue weighted by atomic mass is 28.4. The molecule has 0 saturated carbocycles. The topological polar surface area (TPSA) is 95.8 Å². The lowest BCUT2D eigenvalue weighted by Crippen LogP contribution is -2.42. The lowest BCUT2D eigenvalue weighted by Gasteiger charge is -2.31. The maximum Gasteiger partial charge on any atom is 0.295 e. The van der Waals surface area contributed by atoms with Gasteiger partial charge in [0.05, 0.1) is 13.2 Å². The molecular formula is C44H78N2O6Si4. The van der Waals surface area contributed by atoms with E-state index in [9.17, 15) is 9.59 Å². The van der Waals surface area contributed by atoms with Crippen molar-refractivity contribution in [2.75, 3.05) is 13.2 Å². The molecule has 0 aliphatic rings. The number of rotatable bonds is 30. The molecule has 0 radical (unpaired) electrons. The second kappa shape index (κ2) is 26.0. The Kier molecular flexibility index (Phi) is 23.2. The summed E-state index contributed by atoms with van der Waals surface area (Å²) in [6, 6.07) is 16.2. The molecule has 0 unspecified atom stereocenters. The summed E-state index contributed by atoms with van der Waals surface area (Å²) in [5.74, 6) is 0.299. The Morgan fingerprint density at radius 1 is 0.411 bits per heavy atom. The quantitative estimate of drug-likeness (QED) is 0.0441. The van der Waals surface area contributed by atoms with Gasteiger partial charge in [-0.2, -0.15) is 0 Å². The van der Waals surface area contributed by atoms with Crippen LogP contribution in [0.25, 0.3) is 0 Å². The summed E-state index contributed by atoms with van der Waals surface area (Å²) < 4.78 is 24.6. The van der Waals surface area contributed by atoms with Crippen LogP contribution in [-0.2, 0) is 8.23 Å². The van der Waals surface area contributed by atoms with Crippen LogP contribution in [0.5, 0.6) is 11.5 Å². The molecule has 0 atom stereocenters. The van der Waals surface area contributed by atoms with Gasteiger partial charge in [-0.25, -0.2) is 0 Å². The molecule has 0 aliphatic carbocycles. The molecule has 0 N–H and O–H groups in total. The van der Waals surface area contributed by atoms with Crippen molar-refractivity contribution in [3.05, 3.63) is 59.7 Å². The van der Waals surface area contributed by atoms with Crippen molar-refractivity contribution in [2.45, 2.75) is 180 Å². The van der Waals surface area contributed by atoms with E-state index < -0.39 is 45.1 Å². The number of amides is 2. The Hall–Kier alpha value is -2.23. The number of ether oxygens (including phenoxy) is 2. The average Bonchev–Trinajstić information content (AvgIpc) is 3.10. The van der Waals surface area contributed by atoms with Gasteiger partial charge in [-0.1, -0.05) is 89.9 Å². The van der Waals surface area contributed by atoms with Crippen LogP contribution in [0.15, 0.2) is 58.8 Å². The van der Waals surface area contributed by atoms with E-state index in [0.29, 0.717) is 35.8 Å². The molecule has 2 aromatic rings. The Balaban J connectivity index is 1.52. The first-order chi connectivity index (χ1) is 26.3. The molecule has 0 heterocycles. The largest absolute Gasteiger partial charge is 0.494 e. The summed E-state index contributed by atoms with van der Waals surface area (Å²) in [4.78, 5) is 25.1. The predicted octanol–water partition coefficient (Wildman–Crippen LogP) is 14.2. The lowest BCUT2D eigenvalue weighted by molar-refractivity contribution is 0.0946. The van der Waals surface area contributed by atoms with E-state index in [2.05, 4.69) is 75.7 Å². The number of carbonyl (C=O) groups is 2. The Bertz CT molecular complexity index is 1310. The molecule has 316 valence electrons. The smallest absolute Gasteiger partial charge is 0.295 e. The average molecular weight is 843 g/mol. The first-order valence-electron chi connectivity index (χ1n) is 21.7. The summed E-state index contributed by atoms with van der Waals surface area (Å²) in [6.07, 6.45) is 19.8. The van der Waals surface area contributed by atoms with E-state index in [4.69, 9.17) is 17.7 Å². The molecule has 2 rings (SSSR count). The summed E-state index contributed by atoms with van der Waals surface area (Å²) in [5, 5.41) is 7.32. The van der Waals surface area contributed by atoms with Gasteiger partial charge in [-0.05, 0) is 139 Å². The minimum atomic E-state index is -1.50. The van der Waals surface area contributed by atoms with E-state index in [-0.39, 0.29) is 0 Å². The van der Waals surface area contributed by atoms with Gasteiger partial charge in [0.15, 0.2) is 33.3 Å². The first-order valence-corrected chi connectivity index (χ1v) is 34.8. The van der Waals surface area contributed by atoms with E-state index in [1.165, 1.54) is 89.1 Å². The van der Waals surface area contributed by atoms with Crippen molar-refractivity contribution < 1.29 is 27.3 Å². The zero-order chi connectivity index (χ0) is 41.5. The summed E-state index contributed by atoms with van der Waals surface area (Å²) >= 11 is 0. The van der Waals surface area contributed by atoms with Gasteiger partial charge >= 0.3 is 0 Å². The highest BCUT2D eigenvalue weighted by Gasteiger charge is 2.29. The van der Waals surface area contributed by atoms with Crippen molar-refractivity contribution in [1.29, 1.82) is 0 Å². The number of hydrogen-bond acceptors (Lipinski definition) is 6. The fourth-order valence-corrected chi connectivity index (χ4v) is 23.4. The van der Waals surface area contributed by atoms with E-state index in [0.717, 1.165) is 25.7 Å². The van der Waals surface area contributed by atoms with Crippen LogP contribution in [-0.4, -0.2) is 58.3 Å². The minimum Gasteiger partial charge on any atom is -0.494 e. The van der Waals surface area contributed by atoms with Crippen LogP contribution in [0, 0.1) is 0 Å². The molecule has 0 saturated heterocycles. The molecule has 8 nitrogen and oxygen atoms in total. The van der Waals surface area contributed by atoms with Gasteiger partial charge in [0.25, 0.3) is 11.8 Å². The van der Waals surface area contributed by atoms with Gasteiger partial charge < -0.3 is 17.7 Å². The Morgan fingerprint density at radius 3 is 0.964 bits per heavy atom. The number of benzene rings is 2. The zero-order valence-electron chi connectivity index (χ0n) is 37.1. The number of nitrogens with zero attached hydrogens (tertiary/aromatic N) is 2. The maximum absolute atomic E-state index is 12.5. The molecule has 0 aliphatic heterocycles. The minimum absolute atomic E-state index is 0.358. The van der Waals surface area contributed by atoms with E-state index in [1.54, 1.807) is 48.5 Å².